The minimum absolute atomic E-state index is 0.222. The molecule has 0 radical (unpaired) electrons. The minimum Gasteiger partial charge on any atom is -0.273 e. The molecule has 2 amide bonds. The van der Waals surface area contributed by atoms with E-state index >= 15 is 0 Å². The number of amides is 2. The highest BCUT2D eigenvalue weighted by molar-refractivity contribution is 6.31. The number of halogens is 4. The Morgan fingerprint density at radius 1 is 0.818 bits per heavy atom. The molecule has 0 saturated carbocycles. The van der Waals surface area contributed by atoms with Gasteiger partial charge in [-0.05, 0) is 54.1 Å². The lowest BCUT2D eigenvalue weighted by Crippen LogP contribution is -2.37. The number of nitrogens with zero attached hydrogens (tertiary/aromatic N) is 2. The smallest absolute Gasteiger partial charge is 0.273 e. The average Bonchev–Trinajstić information content (AvgIpc) is 3.31. The van der Waals surface area contributed by atoms with Gasteiger partial charge in [0.15, 0.2) is 6.10 Å². The number of imide groups is 1. The average molecular weight is 473 g/mol. The molecule has 3 aromatic carbocycles. The summed E-state index contributed by atoms with van der Waals surface area (Å²) in [5.74, 6) is -2.16. The summed E-state index contributed by atoms with van der Waals surface area (Å²) in [6.45, 7) is 0. The molecular formula is C24H16ClF3N2O3. The van der Waals surface area contributed by atoms with Crippen LogP contribution in [0.5, 0.6) is 0 Å². The van der Waals surface area contributed by atoms with Crippen molar-refractivity contribution in [3.63, 3.8) is 0 Å². The second-order valence-electron chi connectivity index (χ2n) is 7.77. The van der Waals surface area contributed by atoms with Gasteiger partial charge >= 0.3 is 6.18 Å². The number of hydrogen-bond donors (Lipinski definition) is 0. The molecule has 3 atom stereocenters. The number of carbonyl (C=O) groups is 2. The molecule has 2 saturated heterocycles. The summed E-state index contributed by atoms with van der Waals surface area (Å²) in [5.41, 5.74) is 0.220. The Kier molecular flexibility index (Phi) is 5.14. The molecule has 9 heteroatoms. The first-order chi connectivity index (χ1) is 15.8. The number of benzene rings is 3. The van der Waals surface area contributed by atoms with Crippen molar-refractivity contribution in [1.82, 2.24) is 0 Å². The zero-order valence-electron chi connectivity index (χ0n) is 16.9. The molecular weight excluding hydrogens is 457 g/mol. The molecule has 2 heterocycles. The predicted octanol–water partition coefficient (Wildman–Crippen LogP) is 5.41. The summed E-state index contributed by atoms with van der Waals surface area (Å²) in [4.78, 5) is 33.6. The Balaban J connectivity index is 1.60. The van der Waals surface area contributed by atoms with Gasteiger partial charge in [-0.15, -0.1) is 0 Å². The molecule has 2 aliphatic heterocycles. The van der Waals surface area contributed by atoms with Crippen LogP contribution in [-0.4, -0.2) is 17.9 Å². The highest BCUT2D eigenvalue weighted by Crippen LogP contribution is 2.48. The predicted molar refractivity (Wildman–Crippen MR) is 115 cm³/mol. The zero-order valence-corrected chi connectivity index (χ0v) is 17.6. The SMILES string of the molecule is O=C1C2ON(c3ccccc3)C(c3cccc(C(F)(F)F)c3)C2C(=O)N1c1ccc(Cl)cc1. The van der Waals surface area contributed by atoms with Crippen LogP contribution in [-0.2, 0) is 20.6 Å². The first-order valence-electron chi connectivity index (χ1n) is 10.1. The van der Waals surface area contributed by atoms with Gasteiger partial charge in [-0.3, -0.25) is 14.4 Å². The molecule has 0 N–H and O–H groups in total. The van der Waals surface area contributed by atoms with Gasteiger partial charge in [-0.25, -0.2) is 9.96 Å². The van der Waals surface area contributed by atoms with Gasteiger partial charge in [0.2, 0.25) is 5.91 Å². The number of alkyl halides is 3. The summed E-state index contributed by atoms with van der Waals surface area (Å²) in [6, 6.07) is 18.6. The molecule has 33 heavy (non-hydrogen) atoms. The first kappa shape index (κ1) is 21.5. The maximum Gasteiger partial charge on any atom is 0.416 e. The van der Waals surface area contributed by atoms with E-state index in [0.29, 0.717) is 16.4 Å². The standard InChI is InChI=1S/C24H16ClF3N2O3/c25-16-9-11-17(12-10-16)29-22(31)19-20(14-5-4-6-15(13-14)24(26,27)28)30(33-21(19)23(29)32)18-7-2-1-3-8-18/h1-13,19-21H. The molecule has 2 aliphatic rings. The highest BCUT2D eigenvalue weighted by atomic mass is 35.5. The molecule has 5 rings (SSSR count). The van der Waals surface area contributed by atoms with Crippen LogP contribution < -0.4 is 9.96 Å². The van der Waals surface area contributed by atoms with Crippen LogP contribution in [0.4, 0.5) is 24.5 Å². The van der Waals surface area contributed by atoms with Crippen LogP contribution in [0.1, 0.15) is 17.2 Å². The third-order valence-corrected chi connectivity index (χ3v) is 6.02. The number of anilines is 2. The summed E-state index contributed by atoms with van der Waals surface area (Å²) >= 11 is 5.92. The number of hydroxylamine groups is 1. The summed E-state index contributed by atoms with van der Waals surface area (Å²) in [5, 5.41) is 1.80. The van der Waals surface area contributed by atoms with Crippen LogP contribution >= 0.6 is 11.6 Å². The van der Waals surface area contributed by atoms with Gasteiger partial charge in [0, 0.05) is 5.02 Å². The molecule has 0 spiro atoms. The molecule has 168 valence electrons. The second-order valence-corrected chi connectivity index (χ2v) is 8.21. The highest BCUT2D eigenvalue weighted by Gasteiger charge is 2.60. The van der Waals surface area contributed by atoms with Gasteiger partial charge in [0.1, 0.15) is 5.92 Å². The van der Waals surface area contributed by atoms with Crippen molar-refractivity contribution in [3.8, 4) is 0 Å². The molecule has 0 aliphatic carbocycles. The number of fused-ring (bicyclic) bond motifs is 1. The topological polar surface area (TPSA) is 49.9 Å². The van der Waals surface area contributed by atoms with E-state index in [0.717, 1.165) is 17.0 Å². The Labute approximate surface area is 191 Å². The van der Waals surface area contributed by atoms with Crippen LogP contribution in [0.15, 0.2) is 78.9 Å². The van der Waals surface area contributed by atoms with E-state index in [2.05, 4.69) is 0 Å². The molecule has 2 fully saturated rings. The van der Waals surface area contributed by atoms with E-state index < -0.39 is 41.6 Å². The van der Waals surface area contributed by atoms with E-state index in [4.69, 9.17) is 16.4 Å². The molecule has 0 aromatic heterocycles. The third-order valence-electron chi connectivity index (χ3n) is 5.77. The van der Waals surface area contributed by atoms with Gasteiger partial charge in [0.25, 0.3) is 5.91 Å². The Bertz CT molecular complexity index is 1220. The maximum atomic E-state index is 13.5. The fraction of sp³-hybridized carbons (Fsp3) is 0.167. The van der Waals surface area contributed by atoms with Crippen molar-refractivity contribution in [1.29, 1.82) is 0 Å². The van der Waals surface area contributed by atoms with E-state index in [1.807, 2.05) is 0 Å². The molecule has 3 aromatic rings. The van der Waals surface area contributed by atoms with Crippen LogP contribution in [0, 0.1) is 5.92 Å². The van der Waals surface area contributed by atoms with Crippen molar-refractivity contribution >= 4 is 34.8 Å². The lowest BCUT2D eigenvalue weighted by molar-refractivity contribution is -0.137. The van der Waals surface area contributed by atoms with Crippen LogP contribution in [0.25, 0.3) is 0 Å². The Morgan fingerprint density at radius 3 is 2.18 bits per heavy atom. The zero-order chi connectivity index (χ0) is 23.3. The fourth-order valence-corrected chi connectivity index (χ4v) is 4.42. The van der Waals surface area contributed by atoms with E-state index in [1.165, 1.54) is 29.3 Å². The number of rotatable bonds is 3. The summed E-state index contributed by atoms with van der Waals surface area (Å²) in [7, 11) is 0. The fourth-order valence-electron chi connectivity index (χ4n) is 4.30. The second kappa shape index (κ2) is 7.90. The minimum atomic E-state index is -4.56. The normalized spacial score (nSPS) is 22.7. The van der Waals surface area contributed by atoms with Gasteiger partial charge in [0.05, 0.1) is 23.0 Å². The summed E-state index contributed by atoms with van der Waals surface area (Å²) in [6.07, 6.45) is -5.73. The van der Waals surface area contributed by atoms with Gasteiger partial charge in [-0.2, -0.15) is 13.2 Å². The summed E-state index contributed by atoms with van der Waals surface area (Å²) < 4.78 is 40.2. The first-order valence-corrected chi connectivity index (χ1v) is 10.4. The van der Waals surface area contributed by atoms with Crippen LogP contribution in [0.3, 0.4) is 0 Å². The van der Waals surface area contributed by atoms with Crippen molar-refractivity contribution in [2.45, 2.75) is 18.3 Å². The number of carbonyl (C=O) groups excluding carboxylic acids is 2. The van der Waals surface area contributed by atoms with Crippen LogP contribution in [0.2, 0.25) is 5.02 Å². The van der Waals surface area contributed by atoms with E-state index in [-0.39, 0.29) is 5.56 Å². The number of para-hydroxylation sites is 1. The Morgan fingerprint density at radius 2 is 1.52 bits per heavy atom. The van der Waals surface area contributed by atoms with Crippen molar-refractivity contribution in [3.05, 3.63) is 95.0 Å². The Hall–Kier alpha value is -3.36. The van der Waals surface area contributed by atoms with Crippen molar-refractivity contribution in [2.24, 2.45) is 5.92 Å². The lowest BCUT2D eigenvalue weighted by atomic mass is 9.89. The third kappa shape index (κ3) is 3.65. The maximum absolute atomic E-state index is 13.5. The molecule has 5 nitrogen and oxygen atoms in total. The monoisotopic (exact) mass is 472 g/mol. The van der Waals surface area contributed by atoms with Gasteiger partial charge in [-0.1, -0.05) is 41.9 Å². The van der Waals surface area contributed by atoms with Crippen molar-refractivity contribution in [2.75, 3.05) is 9.96 Å². The van der Waals surface area contributed by atoms with Gasteiger partial charge < -0.3 is 0 Å². The van der Waals surface area contributed by atoms with E-state index in [1.54, 1.807) is 42.5 Å². The molecule has 3 unspecified atom stereocenters. The molecule has 0 bridgehead atoms. The number of hydrogen-bond acceptors (Lipinski definition) is 4. The largest absolute Gasteiger partial charge is 0.416 e. The lowest BCUT2D eigenvalue weighted by Gasteiger charge is -2.29. The van der Waals surface area contributed by atoms with E-state index in [9.17, 15) is 22.8 Å². The quantitative estimate of drug-likeness (QED) is 0.478. The van der Waals surface area contributed by atoms with Crippen molar-refractivity contribution < 1.29 is 27.6 Å².